The highest BCUT2D eigenvalue weighted by Gasteiger charge is 2.40. The predicted octanol–water partition coefficient (Wildman–Crippen LogP) is 5.48. The molecule has 162 valence electrons. The molecular formula is C27H27N3O2. The van der Waals surface area contributed by atoms with Crippen LogP contribution in [0.3, 0.4) is 0 Å². The first-order chi connectivity index (χ1) is 15.4. The zero-order valence-corrected chi connectivity index (χ0v) is 18.7. The molecule has 5 heteroatoms. The lowest BCUT2D eigenvalue weighted by molar-refractivity contribution is -0.143. The van der Waals surface area contributed by atoms with Crippen LogP contribution in [-0.4, -0.2) is 25.6 Å². The van der Waals surface area contributed by atoms with Crippen LogP contribution in [0.25, 0.3) is 21.9 Å². The third kappa shape index (κ3) is 3.20. The number of allylic oxidation sites excluding steroid dienone is 2. The van der Waals surface area contributed by atoms with Crippen molar-refractivity contribution >= 4 is 27.9 Å². The fraction of sp³-hybridized carbons (Fsp3) is 0.296. The van der Waals surface area contributed by atoms with E-state index >= 15 is 0 Å². The van der Waals surface area contributed by atoms with E-state index in [-0.39, 0.29) is 0 Å². The van der Waals surface area contributed by atoms with Gasteiger partial charge in [0.15, 0.2) is 5.65 Å². The van der Waals surface area contributed by atoms with E-state index in [1.54, 1.807) is 0 Å². The van der Waals surface area contributed by atoms with Crippen molar-refractivity contribution < 1.29 is 9.90 Å². The summed E-state index contributed by atoms with van der Waals surface area (Å²) in [5.74, 6) is 0.282. The van der Waals surface area contributed by atoms with Crippen LogP contribution in [-0.2, 0) is 23.2 Å². The minimum atomic E-state index is -0.833. The molecule has 2 aromatic carbocycles. The van der Waals surface area contributed by atoms with Crippen molar-refractivity contribution in [3.63, 3.8) is 0 Å². The van der Waals surface area contributed by atoms with Crippen molar-refractivity contribution in [3.05, 3.63) is 82.8 Å². The summed E-state index contributed by atoms with van der Waals surface area (Å²) in [4.78, 5) is 21.7. The van der Waals surface area contributed by atoms with Crippen LogP contribution >= 0.6 is 0 Å². The number of carboxylic acids is 1. The molecule has 0 fully saturated rings. The van der Waals surface area contributed by atoms with Gasteiger partial charge in [-0.15, -0.1) is 0 Å². The molecular weight excluding hydrogens is 398 g/mol. The molecule has 32 heavy (non-hydrogen) atoms. The van der Waals surface area contributed by atoms with Crippen molar-refractivity contribution in [3.8, 4) is 0 Å². The Balaban J connectivity index is 1.54. The van der Waals surface area contributed by atoms with Gasteiger partial charge in [0.05, 0.1) is 12.0 Å². The van der Waals surface area contributed by atoms with E-state index in [0.717, 1.165) is 51.0 Å². The first-order valence-electron chi connectivity index (χ1n) is 11.2. The summed E-state index contributed by atoms with van der Waals surface area (Å²) in [6.45, 7) is 6.94. The van der Waals surface area contributed by atoms with Crippen molar-refractivity contribution in [2.75, 3.05) is 0 Å². The van der Waals surface area contributed by atoms with Crippen LogP contribution in [0.15, 0.2) is 54.6 Å². The first kappa shape index (κ1) is 20.4. The Morgan fingerprint density at radius 1 is 1.03 bits per heavy atom. The highest BCUT2D eigenvalue weighted by molar-refractivity contribution is 5.88. The fourth-order valence-corrected chi connectivity index (χ4v) is 4.94. The molecule has 2 heterocycles. The number of aryl methyl sites for hydroxylation is 3. The number of nitrogens with zero attached hydrogens (tertiary/aromatic N) is 3. The lowest BCUT2D eigenvalue weighted by Crippen LogP contribution is -2.32. The summed E-state index contributed by atoms with van der Waals surface area (Å²) < 4.78 is 2.22. The Kier molecular flexibility index (Phi) is 4.85. The van der Waals surface area contributed by atoms with Crippen LogP contribution in [0.4, 0.5) is 0 Å². The van der Waals surface area contributed by atoms with E-state index in [0.29, 0.717) is 19.4 Å². The zero-order valence-electron chi connectivity index (χ0n) is 18.7. The SMILES string of the molecule is CCc1nc2c(C)cc(C)nc2n1Cc1ccc2cc(C3(C(=O)O)CC=CC3)ccc2c1. The molecule has 0 bridgehead atoms. The lowest BCUT2D eigenvalue weighted by atomic mass is 9.77. The number of benzene rings is 2. The molecule has 4 aromatic rings. The number of hydrogen-bond acceptors (Lipinski definition) is 3. The monoisotopic (exact) mass is 425 g/mol. The molecule has 1 aliphatic rings. The molecule has 0 atom stereocenters. The van der Waals surface area contributed by atoms with Crippen LogP contribution in [0.1, 0.15) is 48.0 Å². The van der Waals surface area contributed by atoms with Gasteiger partial charge in [0, 0.05) is 12.1 Å². The van der Waals surface area contributed by atoms with Crippen molar-refractivity contribution in [1.82, 2.24) is 14.5 Å². The van der Waals surface area contributed by atoms with E-state index in [2.05, 4.69) is 48.7 Å². The fourth-order valence-electron chi connectivity index (χ4n) is 4.94. The van der Waals surface area contributed by atoms with Gasteiger partial charge in [0.25, 0.3) is 0 Å². The average molecular weight is 426 g/mol. The van der Waals surface area contributed by atoms with Gasteiger partial charge in [0.2, 0.25) is 0 Å². The van der Waals surface area contributed by atoms with Crippen LogP contribution in [0.5, 0.6) is 0 Å². The maximum atomic E-state index is 12.1. The number of carbonyl (C=O) groups is 1. The van der Waals surface area contributed by atoms with Gasteiger partial charge < -0.3 is 9.67 Å². The molecule has 2 aromatic heterocycles. The van der Waals surface area contributed by atoms with Crippen LogP contribution < -0.4 is 0 Å². The summed E-state index contributed by atoms with van der Waals surface area (Å²) in [5, 5.41) is 12.1. The van der Waals surface area contributed by atoms with Gasteiger partial charge >= 0.3 is 5.97 Å². The van der Waals surface area contributed by atoms with E-state index in [1.807, 2.05) is 31.2 Å². The molecule has 0 radical (unpaired) electrons. The van der Waals surface area contributed by atoms with Crippen molar-refractivity contribution in [1.29, 1.82) is 0 Å². The highest BCUT2D eigenvalue weighted by atomic mass is 16.4. The number of hydrogen-bond donors (Lipinski definition) is 1. The van der Waals surface area contributed by atoms with E-state index in [9.17, 15) is 9.90 Å². The summed E-state index contributed by atoms with van der Waals surface area (Å²) in [6, 6.07) is 14.6. The normalized spacial score (nSPS) is 15.1. The predicted molar refractivity (Wildman–Crippen MR) is 127 cm³/mol. The topological polar surface area (TPSA) is 68.0 Å². The Morgan fingerprint density at radius 2 is 1.75 bits per heavy atom. The Bertz CT molecular complexity index is 1390. The van der Waals surface area contributed by atoms with Gasteiger partial charge in [-0.1, -0.05) is 43.3 Å². The van der Waals surface area contributed by atoms with Gasteiger partial charge in [-0.05, 0) is 72.4 Å². The van der Waals surface area contributed by atoms with E-state index in [4.69, 9.17) is 9.97 Å². The van der Waals surface area contributed by atoms with Crippen LogP contribution in [0, 0.1) is 13.8 Å². The minimum absolute atomic E-state index is 0.547. The van der Waals surface area contributed by atoms with Crippen LogP contribution in [0.2, 0.25) is 0 Å². The minimum Gasteiger partial charge on any atom is -0.481 e. The maximum Gasteiger partial charge on any atom is 0.314 e. The summed E-state index contributed by atoms with van der Waals surface area (Å²) in [7, 11) is 0. The zero-order chi connectivity index (χ0) is 22.5. The molecule has 5 nitrogen and oxygen atoms in total. The quantitative estimate of drug-likeness (QED) is 0.430. The average Bonchev–Trinajstić information content (AvgIpc) is 3.40. The summed E-state index contributed by atoms with van der Waals surface area (Å²) in [6.07, 6.45) is 5.88. The molecule has 0 amide bonds. The van der Waals surface area contributed by atoms with Crippen molar-refractivity contribution in [2.24, 2.45) is 0 Å². The Hall–Kier alpha value is -3.47. The first-order valence-corrected chi connectivity index (χ1v) is 11.2. The second kappa shape index (κ2) is 7.59. The van der Waals surface area contributed by atoms with E-state index in [1.165, 1.54) is 5.56 Å². The second-order valence-corrected chi connectivity index (χ2v) is 8.88. The highest BCUT2D eigenvalue weighted by Crippen LogP contribution is 2.38. The standard InChI is InChI=1S/C27H27N3O2/c1-4-23-29-24-17(2)13-18(3)28-25(24)30(23)16-19-7-8-21-15-22(10-9-20(21)14-19)27(26(31)32)11-5-6-12-27/h5-10,13-15H,4,11-12,16H2,1-3H3,(H,31,32). The molecule has 0 aliphatic heterocycles. The molecule has 0 saturated carbocycles. The smallest absolute Gasteiger partial charge is 0.314 e. The molecule has 5 rings (SSSR count). The number of rotatable bonds is 5. The van der Waals surface area contributed by atoms with Gasteiger partial charge in [-0.2, -0.15) is 0 Å². The Labute approximate surface area is 187 Å². The van der Waals surface area contributed by atoms with E-state index < -0.39 is 11.4 Å². The number of imidazole rings is 1. The molecule has 1 N–H and O–H groups in total. The van der Waals surface area contributed by atoms with Gasteiger partial charge in [-0.3, -0.25) is 4.79 Å². The Morgan fingerprint density at radius 3 is 2.47 bits per heavy atom. The van der Waals surface area contributed by atoms with Gasteiger partial charge in [0.1, 0.15) is 11.3 Å². The third-order valence-electron chi connectivity index (χ3n) is 6.72. The summed E-state index contributed by atoms with van der Waals surface area (Å²) >= 11 is 0. The lowest BCUT2D eigenvalue weighted by Gasteiger charge is -2.24. The number of fused-ring (bicyclic) bond motifs is 2. The number of aromatic nitrogens is 3. The molecule has 0 unspecified atom stereocenters. The molecule has 0 spiro atoms. The maximum absolute atomic E-state index is 12.1. The summed E-state index contributed by atoms with van der Waals surface area (Å²) in [5.41, 5.74) is 5.28. The third-order valence-corrected chi connectivity index (χ3v) is 6.72. The molecule has 0 saturated heterocycles. The second-order valence-electron chi connectivity index (χ2n) is 8.88. The van der Waals surface area contributed by atoms with Crippen molar-refractivity contribution in [2.45, 2.75) is 52.0 Å². The van der Waals surface area contributed by atoms with Gasteiger partial charge in [-0.25, -0.2) is 9.97 Å². The molecule has 1 aliphatic carbocycles. The largest absolute Gasteiger partial charge is 0.481 e. The number of pyridine rings is 1. The number of aliphatic carboxylic acids is 1. The number of carboxylic acid groups (broad SMARTS) is 1.